The van der Waals surface area contributed by atoms with Crippen LogP contribution in [0.25, 0.3) is 0 Å². The normalized spacial score (nSPS) is 14.0. The SMILES string of the molecule is COc1ccc(CCC(=O)N[C@H](CN2C(=O)COC2=O)c2ccccc2)c(OC)c1OC. The summed E-state index contributed by atoms with van der Waals surface area (Å²) in [6, 6.07) is 12.2. The second-order valence-electron chi connectivity index (χ2n) is 7.08. The molecule has 9 nitrogen and oxygen atoms in total. The van der Waals surface area contributed by atoms with Crippen molar-refractivity contribution in [3.63, 3.8) is 0 Å². The van der Waals surface area contributed by atoms with Gasteiger partial charge in [-0.15, -0.1) is 0 Å². The van der Waals surface area contributed by atoms with Crippen molar-refractivity contribution in [2.24, 2.45) is 0 Å². The summed E-state index contributed by atoms with van der Waals surface area (Å²) in [5, 5.41) is 2.92. The Morgan fingerprint density at radius 1 is 1.03 bits per heavy atom. The van der Waals surface area contributed by atoms with Crippen LogP contribution in [0.15, 0.2) is 42.5 Å². The molecule has 2 aromatic carbocycles. The first-order valence-electron chi connectivity index (χ1n) is 10.1. The van der Waals surface area contributed by atoms with Crippen LogP contribution in [0.4, 0.5) is 4.79 Å². The third-order valence-electron chi connectivity index (χ3n) is 5.15. The second-order valence-corrected chi connectivity index (χ2v) is 7.08. The molecule has 170 valence electrons. The molecule has 1 aliphatic rings. The molecule has 32 heavy (non-hydrogen) atoms. The number of ether oxygens (including phenoxy) is 4. The van der Waals surface area contributed by atoms with E-state index < -0.39 is 18.0 Å². The smallest absolute Gasteiger partial charge is 0.417 e. The lowest BCUT2D eigenvalue weighted by Crippen LogP contribution is -2.40. The average molecular weight is 442 g/mol. The Hall–Kier alpha value is -3.75. The third kappa shape index (κ3) is 5.11. The highest BCUT2D eigenvalue weighted by molar-refractivity contribution is 5.97. The number of carbonyl (C=O) groups excluding carboxylic acids is 3. The van der Waals surface area contributed by atoms with Crippen molar-refractivity contribution in [1.29, 1.82) is 0 Å². The molecule has 1 fully saturated rings. The predicted octanol–water partition coefficient (Wildman–Crippen LogP) is 2.48. The van der Waals surface area contributed by atoms with E-state index >= 15 is 0 Å². The highest BCUT2D eigenvalue weighted by Crippen LogP contribution is 2.40. The molecule has 3 amide bonds. The zero-order chi connectivity index (χ0) is 23.1. The fourth-order valence-electron chi connectivity index (χ4n) is 3.53. The van der Waals surface area contributed by atoms with Gasteiger partial charge in [-0.25, -0.2) is 9.69 Å². The van der Waals surface area contributed by atoms with Gasteiger partial charge in [0.1, 0.15) is 0 Å². The summed E-state index contributed by atoms with van der Waals surface area (Å²) in [5.74, 6) is 0.825. The molecule has 0 saturated carbocycles. The molecule has 1 aliphatic heterocycles. The minimum absolute atomic E-state index is 0.00685. The largest absolute Gasteiger partial charge is 0.493 e. The number of cyclic esters (lactones) is 1. The molecule has 1 saturated heterocycles. The van der Waals surface area contributed by atoms with Gasteiger partial charge in [-0.2, -0.15) is 0 Å². The van der Waals surface area contributed by atoms with Gasteiger partial charge >= 0.3 is 6.09 Å². The molecule has 1 atom stereocenters. The first kappa shape index (κ1) is 22.9. The monoisotopic (exact) mass is 442 g/mol. The molecule has 0 aliphatic carbocycles. The summed E-state index contributed by atoms with van der Waals surface area (Å²) in [5.41, 5.74) is 1.56. The van der Waals surface area contributed by atoms with Crippen LogP contribution < -0.4 is 19.5 Å². The Kier molecular flexibility index (Phi) is 7.54. The van der Waals surface area contributed by atoms with E-state index in [1.54, 1.807) is 6.07 Å². The lowest BCUT2D eigenvalue weighted by atomic mass is 10.0. The van der Waals surface area contributed by atoms with Crippen LogP contribution in [0.1, 0.15) is 23.6 Å². The van der Waals surface area contributed by atoms with Gasteiger partial charge in [0.25, 0.3) is 5.91 Å². The Labute approximate surface area is 186 Å². The number of methoxy groups -OCH3 is 3. The van der Waals surface area contributed by atoms with Crippen molar-refractivity contribution in [2.45, 2.75) is 18.9 Å². The maximum absolute atomic E-state index is 12.8. The molecule has 0 radical (unpaired) electrons. The quantitative estimate of drug-likeness (QED) is 0.603. The van der Waals surface area contributed by atoms with Gasteiger partial charge < -0.3 is 24.3 Å². The van der Waals surface area contributed by atoms with Crippen LogP contribution in [0.5, 0.6) is 17.2 Å². The molecule has 2 aromatic rings. The topological polar surface area (TPSA) is 103 Å². The molecule has 1 heterocycles. The van der Waals surface area contributed by atoms with Crippen LogP contribution in [0, 0.1) is 0 Å². The van der Waals surface area contributed by atoms with E-state index in [-0.39, 0.29) is 25.5 Å². The molecule has 0 spiro atoms. The number of hydrogen-bond acceptors (Lipinski definition) is 7. The minimum Gasteiger partial charge on any atom is -0.493 e. The summed E-state index contributed by atoms with van der Waals surface area (Å²) in [6.45, 7) is -0.291. The van der Waals surface area contributed by atoms with Gasteiger partial charge in [0.15, 0.2) is 18.1 Å². The van der Waals surface area contributed by atoms with Crippen molar-refractivity contribution in [2.75, 3.05) is 34.5 Å². The van der Waals surface area contributed by atoms with E-state index in [0.29, 0.717) is 23.7 Å². The highest BCUT2D eigenvalue weighted by Gasteiger charge is 2.33. The predicted molar refractivity (Wildman–Crippen MR) is 115 cm³/mol. The van der Waals surface area contributed by atoms with Crippen molar-refractivity contribution in [3.05, 3.63) is 53.6 Å². The molecule has 9 heteroatoms. The van der Waals surface area contributed by atoms with E-state index in [9.17, 15) is 14.4 Å². The lowest BCUT2D eigenvalue weighted by Gasteiger charge is -2.23. The lowest BCUT2D eigenvalue weighted by molar-refractivity contribution is -0.127. The Balaban J connectivity index is 1.72. The summed E-state index contributed by atoms with van der Waals surface area (Å²) in [6.07, 6.45) is -0.157. The average Bonchev–Trinajstić information content (AvgIpc) is 3.14. The molecule has 0 unspecified atom stereocenters. The van der Waals surface area contributed by atoms with Gasteiger partial charge in [-0.3, -0.25) is 9.59 Å². The number of hydrogen-bond donors (Lipinski definition) is 1. The van der Waals surface area contributed by atoms with E-state index in [4.69, 9.17) is 18.9 Å². The first-order chi connectivity index (χ1) is 15.5. The van der Waals surface area contributed by atoms with Gasteiger partial charge in [-0.1, -0.05) is 36.4 Å². The molecular weight excluding hydrogens is 416 g/mol. The molecule has 0 bridgehead atoms. The number of benzene rings is 2. The van der Waals surface area contributed by atoms with Gasteiger partial charge in [0.2, 0.25) is 11.7 Å². The fraction of sp³-hybridized carbons (Fsp3) is 0.348. The number of rotatable bonds is 10. The maximum atomic E-state index is 12.8. The first-order valence-corrected chi connectivity index (χ1v) is 10.1. The Bertz CT molecular complexity index is 962. The molecule has 3 rings (SSSR count). The van der Waals surface area contributed by atoms with Crippen molar-refractivity contribution < 1.29 is 33.3 Å². The summed E-state index contributed by atoms with van der Waals surface area (Å²) in [7, 11) is 4.58. The van der Waals surface area contributed by atoms with E-state index in [1.165, 1.54) is 21.3 Å². The molecule has 1 N–H and O–H groups in total. The van der Waals surface area contributed by atoms with Crippen molar-refractivity contribution in [3.8, 4) is 17.2 Å². The minimum atomic E-state index is -0.708. The second kappa shape index (κ2) is 10.5. The van der Waals surface area contributed by atoms with Crippen LogP contribution in [0.3, 0.4) is 0 Å². The summed E-state index contributed by atoms with van der Waals surface area (Å²) >= 11 is 0. The van der Waals surface area contributed by atoms with Crippen molar-refractivity contribution in [1.82, 2.24) is 10.2 Å². The van der Waals surface area contributed by atoms with Gasteiger partial charge in [0.05, 0.1) is 33.9 Å². The number of amides is 3. The van der Waals surface area contributed by atoms with Gasteiger partial charge in [0, 0.05) is 6.42 Å². The zero-order valence-electron chi connectivity index (χ0n) is 18.3. The maximum Gasteiger partial charge on any atom is 0.417 e. The van der Waals surface area contributed by atoms with Crippen LogP contribution in [-0.2, 0) is 20.7 Å². The zero-order valence-corrected chi connectivity index (χ0v) is 18.3. The van der Waals surface area contributed by atoms with Crippen LogP contribution in [0.2, 0.25) is 0 Å². The Morgan fingerprint density at radius 2 is 1.75 bits per heavy atom. The number of carbonyl (C=O) groups is 3. The Morgan fingerprint density at radius 3 is 2.34 bits per heavy atom. The standard InChI is InChI=1S/C23H26N2O7/c1-29-18-11-9-16(21(30-2)22(18)31-3)10-12-19(26)24-17(15-7-5-4-6-8-15)13-25-20(27)14-32-23(25)28/h4-9,11,17H,10,12-14H2,1-3H3,(H,24,26)/t17-/m1/s1. The molecule has 0 aromatic heterocycles. The number of aryl methyl sites for hydroxylation is 1. The third-order valence-corrected chi connectivity index (χ3v) is 5.15. The highest BCUT2D eigenvalue weighted by atomic mass is 16.6. The number of nitrogens with zero attached hydrogens (tertiary/aromatic N) is 1. The van der Waals surface area contributed by atoms with Gasteiger partial charge in [-0.05, 0) is 23.6 Å². The van der Waals surface area contributed by atoms with E-state index in [1.807, 2.05) is 36.4 Å². The fourth-order valence-corrected chi connectivity index (χ4v) is 3.53. The van der Waals surface area contributed by atoms with Crippen molar-refractivity contribution >= 4 is 17.9 Å². The van der Waals surface area contributed by atoms with Crippen LogP contribution >= 0.6 is 0 Å². The molecular formula is C23H26N2O7. The summed E-state index contributed by atoms with van der Waals surface area (Å²) in [4.78, 5) is 37.6. The summed E-state index contributed by atoms with van der Waals surface area (Å²) < 4.78 is 20.9. The number of nitrogens with one attached hydrogen (secondary N) is 1. The number of imide groups is 1. The van der Waals surface area contributed by atoms with E-state index in [0.717, 1.165) is 16.0 Å². The van der Waals surface area contributed by atoms with Crippen LogP contribution in [-0.4, -0.2) is 57.3 Å². The van der Waals surface area contributed by atoms with E-state index in [2.05, 4.69) is 5.32 Å².